The molecule has 0 spiro atoms. The summed E-state index contributed by atoms with van der Waals surface area (Å²) in [6.07, 6.45) is 5.54. The molecule has 2 unspecified atom stereocenters. The summed E-state index contributed by atoms with van der Waals surface area (Å²) in [6.45, 7) is 4.15. The largest absolute Gasteiger partial charge is 0.468 e. The minimum absolute atomic E-state index is 0.250. The second kappa shape index (κ2) is 4.81. The first-order chi connectivity index (χ1) is 7.27. The van der Waals surface area contributed by atoms with Crippen LogP contribution in [-0.4, -0.2) is 23.5 Å². The lowest BCUT2D eigenvalue weighted by Crippen LogP contribution is -2.48. The summed E-state index contributed by atoms with van der Waals surface area (Å²) in [5, 5.41) is 0. The minimum atomic E-state index is 0.250. The van der Waals surface area contributed by atoms with Crippen molar-refractivity contribution in [3.05, 3.63) is 24.2 Å². The van der Waals surface area contributed by atoms with E-state index < -0.39 is 0 Å². The van der Waals surface area contributed by atoms with Crippen LogP contribution in [0.15, 0.2) is 22.8 Å². The van der Waals surface area contributed by atoms with Gasteiger partial charge in [0.1, 0.15) is 5.76 Å². The van der Waals surface area contributed by atoms with Crippen molar-refractivity contribution in [2.75, 3.05) is 6.54 Å². The highest BCUT2D eigenvalue weighted by Gasteiger charge is 2.25. The molecule has 1 saturated heterocycles. The Balaban J connectivity index is 1.99. The Morgan fingerprint density at radius 2 is 2.47 bits per heavy atom. The third-order valence-corrected chi connectivity index (χ3v) is 3.21. The maximum Gasteiger partial charge on any atom is 0.117 e. The second-order valence-electron chi connectivity index (χ2n) is 4.47. The summed E-state index contributed by atoms with van der Waals surface area (Å²) < 4.78 is 5.38. The lowest BCUT2D eigenvalue weighted by atomic mass is 9.97. The molecule has 3 nitrogen and oxygen atoms in total. The van der Waals surface area contributed by atoms with Crippen molar-refractivity contribution in [3.63, 3.8) is 0 Å². The summed E-state index contributed by atoms with van der Waals surface area (Å²) in [5.41, 5.74) is 6.01. The van der Waals surface area contributed by atoms with Gasteiger partial charge in [-0.3, -0.25) is 4.90 Å². The van der Waals surface area contributed by atoms with Gasteiger partial charge < -0.3 is 10.2 Å². The van der Waals surface area contributed by atoms with E-state index in [0.717, 1.165) is 18.8 Å². The second-order valence-corrected chi connectivity index (χ2v) is 4.47. The number of hydrogen-bond donors (Lipinski definition) is 1. The van der Waals surface area contributed by atoms with Gasteiger partial charge in [0.25, 0.3) is 0 Å². The number of rotatable bonds is 3. The third-order valence-electron chi connectivity index (χ3n) is 3.21. The standard InChI is InChI=1S/C12H20N2O/c1-10(13)12-6-2-3-7-14(12)9-11-5-4-8-15-11/h4-5,8,10,12H,2-3,6-7,9,13H2,1H3. The van der Waals surface area contributed by atoms with Crippen molar-refractivity contribution < 1.29 is 4.42 Å². The molecule has 0 radical (unpaired) electrons. The Morgan fingerprint density at radius 1 is 1.60 bits per heavy atom. The van der Waals surface area contributed by atoms with Crippen LogP contribution in [0.1, 0.15) is 31.9 Å². The molecule has 0 aliphatic carbocycles. The molecular formula is C12H20N2O. The first-order valence-corrected chi connectivity index (χ1v) is 5.79. The predicted octanol–water partition coefficient (Wildman–Crippen LogP) is 1.98. The van der Waals surface area contributed by atoms with Crippen LogP contribution in [0.4, 0.5) is 0 Å². The molecular weight excluding hydrogens is 188 g/mol. The minimum Gasteiger partial charge on any atom is -0.468 e. The third kappa shape index (κ3) is 2.61. The van der Waals surface area contributed by atoms with Gasteiger partial charge in [-0.1, -0.05) is 6.42 Å². The quantitative estimate of drug-likeness (QED) is 0.826. The molecule has 2 heterocycles. The van der Waals surface area contributed by atoms with Gasteiger partial charge in [-0.15, -0.1) is 0 Å². The Bertz CT molecular complexity index is 282. The molecule has 15 heavy (non-hydrogen) atoms. The highest BCUT2D eigenvalue weighted by molar-refractivity contribution is 4.99. The molecule has 0 saturated carbocycles. The fourth-order valence-corrected chi connectivity index (χ4v) is 2.41. The van der Waals surface area contributed by atoms with Crippen LogP contribution < -0.4 is 5.73 Å². The molecule has 1 fully saturated rings. The predicted molar refractivity (Wildman–Crippen MR) is 60.4 cm³/mol. The van der Waals surface area contributed by atoms with E-state index in [-0.39, 0.29) is 6.04 Å². The van der Waals surface area contributed by atoms with Crippen LogP contribution in [0.3, 0.4) is 0 Å². The maximum absolute atomic E-state index is 6.01. The van der Waals surface area contributed by atoms with Crippen LogP contribution >= 0.6 is 0 Å². The van der Waals surface area contributed by atoms with E-state index in [4.69, 9.17) is 10.2 Å². The van der Waals surface area contributed by atoms with Gasteiger partial charge in [-0.25, -0.2) is 0 Å². The summed E-state index contributed by atoms with van der Waals surface area (Å²) in [7, 11) is 0. The van der Waals surface area contributed by atoms with Crippen LogP contribution in [0.2, 0.25) is 0 Å². The zero-order chi connectivity index (χ0) is 10.7. The lowest BCUT2D eigenvalue weighted by Gasteiger charge is -2.37. The Labute approximate surface area is 91.2 Å². The average Bonchev–Trinajstić information content (AvgIpc) is 2.71. The smallest absolute Gasteiger partial charge is 0.117 e. The van der Waals surface area contributed by atoms with Crippen molar-refractivity contribution in [1.82, 2.24) is 4.90 Å². The van der Waals surface area contributed by atoms with Gasteiger partial charge >= 0.3 is 0 Å². The summed E-state index contributed by atoms with van der Waals surface area (Å²) in [5.74, 6) is 1.04. The fraction of sp³-hybridized carbons (Fsp3) is 0.667. The van der Waals surface area contributed by atoms with Crippen LogP contribution in [0.5, 0.6) is 0 Å². The number of furan rings is 1. The lowest BCUT2D eigenvalue weighted by molar-refractivity contribution is 0.114. The summed E-state index contributed by atoms with van der Waals surface area (Å²) in [4.78, 5) is 2.45. The van der Waals surface area contributed by atoms with Gasteiger partial charge in [-0.05, 0) is 38.4 Å². The van der Waals surface area contributed by atoms with Crippen molar-refractivity contribution >= 4 is 0 Å². The molecule has 0 aromatic carbocycles. The Morgan fingerprint density at radius 3 is 3.13 bits per heavy atom. The van der Waals surface area contributed by atoms with Crippen molar-refractivity contribution in [2.45, 2.75) is 44.8 Å². The van der Waals surface area contributed by atoms with Crippen molar-refractivity contribution in [1.29, 1.82) is 0 Å². The maximum atomic E-state index is 6.01. The summed E-state index contributed by atoms with van der Waals surface area (Å²) >= 11 is 0. The molecule has 1 aromatic heterocycles. The van der Waals surface area contributed by atoms with E-state index in [1.807, 2.05) is 12.1 Å². The number of hydrogen-bond acceptors (Lipinski definition) is 3. The van der Waals surface area contributed by atoms with Gasteiger partial charge in [-0.2, -0.15) is 0 Å². The summed E-state index contributed by atoms with van der Waals surface area (Å²) in [6, 6.07) is 4.75. The van der Waals surface area contributed by atoms with Gasteiger partial charge in [0, 0.05) is 12.1 Å². The number of nitrogens with zero attached hydrogens (tertiary/aromatic N) is 1. The molecule has 1 aliphatic heterocycles. The van der Waals surface area contributed by atoms with E-state index in [1.54, 1.807) is 6.26 Å². The van der Waals surface area contributed by atoms with E-state index >= 15 is 0 Å². The monoisotopic (exact) mass is 208 g/mol. The van der Waals surface area contributed by atoms with E-state index in [9.17, 15) is 0 Å². The van der Waals surface area contributed by atoms with Gasteiger partial charge in [0.15, 0.2) is 0 Å². The van der Waals surface area contributed by atoms with Crippen molar-refractivity contribution in [2.24, 2.45) is 5.73 Å². The van der Waals surface area contributed by atoms with E-state index in [2.05, 4.69) is 11.8 Å². The highest BCUT2D eigenvalue weighted by Crippen LogP contribution is 2.21. The Hall–Kier alpha value is -0.800. The molecule has 1 aliphatic rings. The normalized spacial score (nSPS) is 25.3. The molecule has 2 rings (SSSR count). The molecule has 3 heteroatoms. The van der Waals surface area contributed by atoms with Crippen LogP contribution in [0, 0.1) is 0 Å². The molecule has 0 amide bonds. The molecule has 2 atom stereocenters. The SMILES string of the molecule is CC(N)C1CCCCN1Cc1ccco1. The van der Waals surface area contributed by atoms with Gasteiger partial charge in [0.05, 0.1) is 12.8 Å². The van der Waals surface area contributed by atoms with Crippen LogP contribution in [0.25, 0.3) is 0 Å². The molecule has 0 bridgehead atoms. The number of piperidine rings is 1. The zero-order valence-corrected chi connectivity index (χ0v) is 9.36. The first-order valence-electron chi connectivity index (χ1n) is 5.79. The molecule has 1 aromatic rings. The Kier molecular flexibility index (Phi) is 3.44. The first kappa shape index (κ1) is 10.7. The number of nitrogens with two attached hydrogens (primary N) is 1. The molecule has 84 valence electrons. The molecule has 2 N–H and O–H groups in total. The van der Waals surface area contributed by atoms with Crippen molar-refractivity contribution in [3.8, 4) is 0 Å². The van der Waals surface area contributed by atoms with Crippen LogP contribution in [-0.2, 0) is 6.54 Å². The van der Waals surface area contributed by atoms with E-state index in [1.165, 1.54) is 19.3 Å². The number of likely N-dealkylation sites (tertiary alicyclic amines) is 1. The topological polar surface area (TPSA) is 42.4 Å². The zero-order valence-electron chi connectivity index (χ0n) is 9.36. The highest BCUT2D eigenvalue weighted by atomic mass is 16.3. The average molecular weight is 208 g/mol. The fourth-order valence-electron chi connectivity index (χ4n) is 2.41. The van der Waals surface area contributed by atoms with Gasteiger partial charge in [0.2, 0.25) is 0 Å². The van der Waals surface area contributed by atoms with E-state index in [0.29, 0.717) is 6.04 Å².